The lowest BCUT2D eigenvalue weighted by atomic mass is 9.95. The highest BCUT2D eigenvalue weighted by molar-refractivity contribution is 9.10. The Morgan fingerprint density at radius 3 is 2.80 bits per heavy atom. The number of hydrogen-bond donors (Lipinski definition) is 1. The summed E-state index contributed by atoms with van der Waals surface area (Å²) >= 11 is 3.47. The van der Waals surface area contributed by atoms with Crippen LogP contribution in [0.4, 0.5) is 0 Å². The van der Waals surface area contributed by atoms with Crippen LogP contribution >= 0.6 is 15.9 Å². The summed E-state index contributed by atoms with van der Waals surface area (Å²) in [5, 5.41) is 7.36. The summed E-state index contributed by atoms with van der Waals surface area (Å²) in [6.45, 7) is 4.14. The number of carbonyl (C=O) groups excluding carboxylic acids is 1. The summed E-state index contributed by atoms with van der Waals surface area (Å²) in [5.41, 5.74) is 1.89. The van der Waals surface area contributed by atoms with Crippen LogP contribution in [0, 0.1) is 5.92 Å². The van der Waals surface area contributed by atoms with Crippen molar-refractivity contribution in [2.24, 2.45) is 5.92 Å². The van der Waals surface area contributed by atoms with Crippen molar-refractivity contribution in [3.63, 3.8) is 0 Å². The van der Waals surface area contributed by atoms with E-state index in [4.69, 9.17) is 14.0 Å². The number of amides is 1. The Morgan fingerprint density at radius 2 is 2.06 bits per heavy atom. The first-order valence-corrected chi connectivity index (χ1v) is 12.6. The Morgan fingerprint density at radius 1 is 1.23 bits per heavy atom. The number of methoxy groups -OCH3 is 2. The molecule has 9 heteroatoms. The number of aromatic nitrogens is 2. The van der Waals surface area contributed by atoms with E-state index in [1.807, 2.05) is 42.5 Å². The smallest absolute Gasteiger partial charge is 0.241 e. The number of nitrogens with one attached hydrogen (secondary N) is 1. The van der Waals surface area contributed by atoms with Gasteiger partial charge in [-0.05, 0) is 55.6 Å². The van der Waals surface area contributed by atoms with Crippen LogP contribution in [0.3, 0.4) is 0 Å². The zero-order chi connectivity index (χ0) is 24.8. The van der Waals surface area contributed by atoms with E-state index < -0.39 is 0 Å². The summed E-state index contributed by atoms with van der Waals surface area (Å²) in [6.07, 6.45) is 2.58. The maximum atomic E-state index is 13.2. The van der Waals surface area contributed by atoms with Gasteiger partial charge in [0.2, 0.25) is 17.6 Å². The van der Waals surface area contributed by atoms with Gasteiger partial charge in [0.1, 0.15) is 0 Å². The standard InChI is InChI=1S/C26H31BrN4O4/c1-4-21(17-10-11-22(33-2)23(14-17)34-3)28-26(32)19-8-6-12-31(15-19)16-24-29-25(30-35-24)18-7-5-9-20(27)13-18/h5,7,9-11,13-14,19,21H,4,6,8,12,15-16H2,1-3H3,(H,28,32). The number of ether oxygens (including phenoxy) is 2. The first kappa shape index (κ1) is 25.2. The van der Waals surface area contributed by atoms with Gasteiger partial charge in [0.05, 0.1) is 32.7 Å². The van der Waals surface area contributed by atoms with Crippen LogP contribution in [0.25, 0.3) is 11.4 Å². The molecule has 2 aromatic carbocycles. The summed E-state index contributed by atoms with van der Waals surface area (Å²) in [6, 6.07) is 13.5. The normalized spacial score (nSPS) is 17.1. The molecule has 3 aromatic rings. The van der Waals surface area contributed by atoms with Gasteiger partial charge < -0.3 is 19.3 Å². The highest BCUT2D eigenvalue weighted by Gasteiger charge is 2.28. The molecule has 0 aliphatic carbocycles. The van der Waals surface area contributed by atoms with Crippen LogP contribution in [0.1, 0.15) is 43.7 Å². The maximum Gasteiger partial charge on any atom is 0.241 e. The number of likely N-dealkylation sites (tertiary alicyclic amines) is 1. The molecule has 1 N–H and O–H groups in total. The van der Waals surface area contributed by atoms with Gasteiger partial charge in [-0.1, -0.05) is 46.2 Å². The minimum absolute atomic E-state index is 0.0664. The van der Waals surface area contributed by atoms with E-state index in [9.17, 15) is 4.79 Å². The first-order chi connectivity index (χ1) is 17.0. The summed E-state index contributed by atoms with van der Waals surface area (Å²) in [4.78, 5) is 20.0. The number of hydrogen-bond acceptors (Lipinski definition) is 7. The SMILES string of the molecule is CCC(NC(=O)C1CCCN(Cc2nc(-c3cccc(Br)c3)no2)C1)c1ccc(OC)c(OC)c1. The molecule has 0 spiro atoms. The maximum absolute atomic E-state index is 13.2. The number of benzene rings is 2. The molecule has 186 valence electrons. The topological polar surface area (TPSA) is 89.7 Å². The van der Waals surface area contributed by atoms with Crippen molar-refractivity contribution in [2.45, 2.75) is 38.8 Å². The van der Waals surface area contributed by atoms with Crippen LogP contribution in [0.15, 0.2) is 51.5 Å². The molecule has 1 fully saturated rings. The van der Waals surface area contributed by atoms with Gasteiger partial charge in [-0.15, -0.1) is 0 Å². The zero-order valence-corrected chi connectivity index (χ0v) is 21.9. The molecule has 0 bridgehead atoms. The lowest BCUT2D eigenvalue weighted by molar-refractivity contribution is -0.127. The Labute approximate surface area is 214 Å². The minimum Gasteiger partial charge on any atom is -0.493 e. The fraction of sp³-hybridized carbons (Fsp3) is 0.423. The lowest BCUT2D eigenvalue weighted by Crippen LogP contribution is -2.43. The van der Waals surface area contributed by atoms with Gasteiger partial charge >= 0.3 is 0 Å². The summed E-state index contributed by atoms with van der Waals surface area (Å²) < 4.78 is 17.2. The quantitative estimate of drug-likeness (QED) is 0.407. The number of nitrogens with zero attached hydrogens (tertiary/aromatic N) is 3. The highest BCUT2D eigenvalue weighted by atomic mass is 79.9. The molecule has 0 radical (unpaired) electrons. The number of rotatable bonds is 9. The molecule has 2 unspecified atom stereocenters. The van der Waals surface area contributed by atoms with Crippen LogP contribution in [-0.4, -0.2) is 48.3 Å². The van der Waals surface area contributed by atoms with Crippen LogP contribution in [-0.2, 0) is 11.3 Å². The van der Waals surface area contributed by atoms with Gasteiger partial charge in [0, 0.05) is 16.6 Å². The molecule has 1 amide bonds. The molecular formula is C26H31BrN4O4. The monoisotopic (exact) mass is 542 g/mol. The van der Waals surface area contributed by atoms with Crippen LogP contribution < -0.4 is 14.8 Å². The van der Waals surface area contributed by atoms with Gasteiger partial charge in [-0.25, -0.2) is 0 Å². The number of carbonyl (C=O) groups is 1. The van der Waals surface area contributed by atoms with Crippen molar-refractivity contribution in [3.05, 3.63) is 58.4 Å². The second kappa shape index (κ2) is 11.7. The predicted molar refractivity (Wildman–Crippen MR) is 136 cm³/mol. The molecule has 1 saturated heterocycles. The molecule has 8 nitrogen and oxygen atoms in total. The second-order valence-corrected chi connectivity index (χ2v) is 9.60. The van der Waals surface area contributed by atoms with Crippen molar-refractivity contribution in [1.29, 1.82) is 0 Å². The predicted octanol–water partition coefficient (Wildman–Crippen LogP) is 5.00. The molecule has 4 rings (SSSR count). The Bertz CT molecular complexity index is 1150. The molecule has 1 aliphatic rings. The van der Waals surface area contributed by atoms with Crippen LogP contribution in [0.2, 0.25) is 0 Å². The molecule has 2 atom stereocenters. The Kier molecular flexibility index (Phi) is 8.41. The van der Waals surface area contributed by atoms with Gasteiger partial charge in [0.15, 0.2) is 11.5 Å². The Hall–Kier alpha value is -2.91. The third kappa shape index (κ3) is 6.21. The molecule has 2 heterocycles. The lowest BCUT2D eigenvalue weighted by Gasteiger charge is -2.32. The van der Waals surface area contributed by atoms with E-state index in [1.54, 1.807) is 14.2 Å². The highest BCUT2D eigenvalue weighted by Crippen LogP contribution is 2.31. The molecule has 0 saturated carbocycles. The zero-order valence-electron chi connectivity index (χ0n) is 20.3. The van der Waals surface area contributed by atoms with Gasteiger partial charge in [0.25, 0.3) is 0 Å². The summed E-state index contributed by atoms with van der Waals surface area (Å²) in [5.74, 6) is 2.42. The van der Waals surface area contributed by atoms with E-state index >= 15 is 0 Å². The van der Waals surface area contributed by atoms with Crippen LogP contribution in [0.5, 0.6) is 11.5 Å². The van der Waals surface area contributed by atoms with Crippen molar-refractivity contribution in [2.75, 3.05) is 27.3 Å². The molecule has 1 aliphatic heterocycles. The fourth-order valence-corrected chi connectivity index (χ4v) is 4.85. The number of halogens is 1. The largest absolute Gasteiger partial charge is 0.493 e. The minimum atomic E-state index is -0.0959. The van der Waals surface area contributed by atoms with E-state index in [-0.39, 0.29) is 17.9 Å². The summed E-state index contributed by atoms with van der Waals surface area (Å²) in [7, 11) is 3.23. The molecular weight excluding hydrogens is 512 g/mol. The van der Waals surface area contributed by atoms with Crippen molar-refractivity contribution < 1.29 is 18.8 Å². The van der Waals surface area contributed by atoms with Crippen molar-refractivity contribution >= 4 is 21.8 Å². The third-order valence-electron chi connectivity index (χ3n) is 6.32. The van der Waals surface area contributed by atoms with E-state index in [1.165, 1.54) is 0 Å². The first-order valence-electron chi connectivity index (χ1n) is 11.8. The van der Waals surface area contributed by atoms with E-state index in [0.717, 1.165) is 41.4 Å². The molecule has 35 heavy (non-hydrogen) atoms. The molecule has 1 aromatic heterocycles. The van der Waals surface area contributed by atoms with Crippen molar-refractivity contribution in [1.82, 2.24) is 20.4 Å². The van der Waals surface area contributed by atoms with E-state index in [2.05, 4.69) is 43.2 Å². The average molecular weight is 543 g/mol. The third-order valence-corrected chi connectivity index (χ3v) is 6.81. The fourth-order valence-electron chi connectivity index (χ4n) is 4.45. The van der Waals surface area contributed by atoms with Gasteiger partial charge in [-0.3, -0.25) is 9.69 Å². The average Bonchev–Trinajstić information content (AvgIpc) is 3.35. The second-order valence-electron chi connectivity index (χ2n) is 8.68. The number of piperidine rings is 1. The van der Waals surface area contributed by atoms with E-state index in [0.29, 0.717) is 36.3 Å². The Balaban J connectivity index is 1.37. The van der Waals surface area contributed by atoms with Crippen molar-refractivity contribution in [3.8, 4) is 22.9 Å². The van der Waals surface area contributed by atoms with Gasteiger partial charge in [-0.2, -0.15) is 4.98 Å².